The molecule has 0 aliphatic rings. The number of thioether (sulfide) groups is 1. The molecule has 3 aromatic rings. The van der Waals surface area contributed by atoms with Crippen LogP contribution in [0.1, 0.15) is 5.56 Å². The molecular formula is C18H18N2S. The summed E-state index contributed by atoms with van der Waals surface area (Å²) in [4.78, 5) is 4.48. The summed E-state index contributed by atoms with van der Waals surface area (Å²) < 4.78 is 0. The van der Waals surface area contributed by atoms with Gasteiger partial charge in [-0.05, 0) is 41.3 Å². The van der Waals surface area contributed by atoms with E-state index in [1.165, 1.54) is 27.0 Å². The van der Waals surface area contributed by atoms with Crippen LogP contribution in [0, 0.1) is 0 Å². The van der Waals surface area contributed by atoms with Gasteiger partial charge in [0.25, 0.3) is 0 Å². The summed E-state index contributed by atoms with van der Waals surface area (Å²) in [6.07, 6.45) is 3.91. The van der Waals surface area contributed by atoms with Crippen LogP contribution in [0.3, 0.4) is 0 Å². The molecular weight excluding hydrogens is 276 g/mol. The van der Waals surface area contributed by atoms with Crippen LogP contribution in [0.4, 0.5) is 5.69 Å². The zero-order valence-corrected chi connectivity index (χ0v) is 12.6. The van der Waals surface area contributed by atoms with Gasteiger partial charge in [0.2, 0.25) is 0 Å². The molecule has 1 heterocycles. The molecule has 0 aliphatic carbocycles. The van der Waals surface area contributed by atoms with Gasteiger partial charge in [0.15, 0.2) is 0 Å². The largest absolute Gasteiger partial charge is 0.380 e. The molecule has 0 radical (unpaired) electrons. The number of H-pyrrole nitrogens is 1. The molecule has 0 bridgehead atoms. The van der Waals surface area contributed by atoms with Gasteiger partial charge in [0.05, 0.1) is 0 Å². The molecule has 2 N–H and O–H groups in total. The van der Waals surface area contributed by atoms with E-state index < -0.39 is 0 Å². The third kappa shape index (κ3) is 3.31. The normalized spacial score (nSPS) is 10.7. The zero-order valence-electron chi connectivity index (χ0n) is 11.8. The third-order valence-corrected chi connectivity index (χ3v) is 4.41. The molecule has 0 fully saturated rings. The second kappa shape index (κ2) is 6.55. The second-order valence-corrected chi connectivity index (χ2v) is 5.91. The standard InChI is InChI=1S/C18H18N2S/c1-2-11-21-18-6-4-3-5-17(18)20-13-14-7-8-16-15(12-14)9-10-19-16/h2-10,12,19-20H,1,11,13H2. The molecule has 106 valence electrons. The molecule has 0 amide bonds. The molecule has 0 unspecified atom stereocenters. The molecule has 1 aromatic heterocycles. The lowest BCUT2D eigenvalue weighted by molar-refractivity contribution is 1.14. The van der Waals surface area contributed by atoms with E-state index in [1.807, 2.05) is 12.3 Å². The third-order valence-electron chi connectivity index (χ3n) is 3.34. The Hall–Kier alpha value is -2.13. The fourth-order valence-electron chi connectivity index (χ4n) is 2.30. The lowest BCUT2D eigenvalue weighted by atomic mass is 10.1. The van der Waals surface area contributed by atoms with Crippen molar-refractivity contribution in [2.24, 2.45) is 0 Å². The lowest BCUT2D eigenvalue weighted by Crippen LogP contribution is -2.00. The predicted molar refractivity (Wildman–Crippen MR) is 93.0 cm³/mol. The molecule has 0 aliphatic heterocycles. The predicted octanol–water partition coefficient (Wildman–Crippen LogP) is 5.06. The number of aromatic nitrogens is 1. The van der Waals surface area contributed by atoms with Crippen LogP contribution < -0.4 is 5.32 Å². The zero-order chi connectivity index (χ0) is 14.5. The van der Waals surface area contributed by atoms with Crippen LogP contribution in [0.15, 0.2) is 72.3 Å². The summed E-state index contributed by atoms with van der Waals surface area (Å²) in [6, 6.07) is 17.0. The Morgan fingerprint density at radius 3 is 2.95 bits per heavy atom. The minimum Gasteiger partial charge on any atom is -0.380 e. The van der Waals surface area contributed by atoms with E-state index >= 15 is 0 Å². The summed E-state index contributed by atoms with van der Waals surface area (Å²) in [5, 5.41) is 4.78. The smallest absolute Gasteiger partial charge is 0.0481 e. The SMILES string of the molecule is C=CCSc1ccccc1NCc1ccc2[nH]ccc2c1. The fourth-order valence-corrected chi connectivity index (χ4v) is 3.07. The molecule has 0 saturated carbocycles. The number of nitrogens with one attached hydrogen (secondary N) is 2. The van der Waals surface area contributed by atoms with Gasteiger partial charge in [-0.2, -0.15) is 0 Å². The fraction of sp³-hybridized carbons (Fsp3) is 0.111. The summed E-state index contributed by atoms with van der Waals surface area (Å²) in [5.41, 5.74) is 3.64. The molecule has 0 saturated heterocycles. The Balaban J connectivity index is 1.73. The van der Waals surface area contributed by atoms with Crippen LogP contribution >= 0.6 is 11.8 Å². The number of benzene rings is 2. The van der Waals surface area contributed by atoms with E-state index in [-0.39, 0.29) is 0 Å². The van der Waals surface area contributed by atoms with Gasteiger partial charge in [-0.3, -0.25) is 0 Å². The summed E-state index contributed by atoms with van der Waals surface area (Å²) >= 11 is 1.80. The average Bonchev–Trinajstić information content (AvgIpc) is 2.99. The van der Waals surface area contributed by atoms with Crippen LogP contribution in [0.2, 0.25) is 0 Å². The molecule has 2 aromatic carbocycles. The molecule has 0 atom stereocenters. The van der Waals surface area contributed by atoms with Crippen molar-refractivity contribution in [2.75, 3.05) is 11.1 Å². The number of para-hydroxylation sites is 1. The first-order valence-corrected chi connectivity index (χ1v) is 7.98. The van der Waals surface area contributed by atoms with Crippen LogP contribution in [0.5, 0.6) is 0 Å². The Bertz CT molecular complexity index is 746. The Morgan fingerprint density at radius 2 is 2.05 bits per heavy atom. The molecule has 2 nitrogen and oxygen atoms in total. The molecule has 3 rings (SSSR count). The Morgan fingerprint density at radius 1 is 1.14 bits per heavy atom. The first-order valence-electron chi connectivity index (χ1n) is 6.99. The topological polar surface area (TPSA) is 27.8 Å². The van der Waals surface area contributed by atoms with E-state index in [4.69, 9.17) is 0 Å². The van der Waals surface area contributed by atoms with Gasteiger partial charge in [0.1, 0.15) is 0 Å². The van der Waals surface area contributed by atoms with Crippen LogP contribution in [0.25, 0.3) is 10.9 Å². The van der Waals surface area contributed by atoms with Gasteiger partial charge in [-0.1, -0.05) is 24.3 Å². The van der Waals surface area contributed by atoms with E-state index in [9.17, 15) is 0 Å². The number of aromatic amines is 1. The minimum absolute atomic E-state index is 0.826. The average molecular weight is 294 g/mol. The van der Waals surface area contributed by atoms with Gasteiger partial charge in [0, 0.05) is 34.6 Å². The highest BCUT2D eigenvalue weighted by molar-refractivity contribution is 7.99. The number of hydrogen-bond donors (Lipinski definition) is 2. The van der Waals surface area contributed by atoms with Crippen molar-refractivity contribution < 1.29 is 0 Å². The monoisotopic (exact) mass is 294 g/mol. The van der Waals surface area contributed by atoms with Gasteiger partial charge < -0.3 is 10.3 Å². The minimum atomic E-state index is 0.826. The van der Waals surface area contributed by atoms with E-state index in [0.717, 1.165) is 12.3 Å². The van der Waals surface area contributed by atoms with Crippen molar-refractivity contribution in [3.05, 3.63) is 72.9 Å². The maximum absolute atomic E-state index is 3.78. The maximum atomic E-state index is 3.78. The van der Waals surface area contributed by atoms with Crippen molar-refractivity contribution >= 4 is 28.4 Å². The van der Waals surface area contributed by atoms with Gasteiger partial charge >= 0.3 is 0 Å². The quantitative estimate of drug-likeness (QED) is 0.491. The number of fused-ring (bicyclic) bond motifs is 1. The summed E-state index contributed by atoms with van der Waals surface area (Å²) in [5.74, 6) is 0.925. The molecule has 3 heteroatoms. The molecule has 0 spiro atoms. The van der Waals surface area contributed by atoms with Crippen molar-refractivity contribution in [1.82, 2.24) is 4.98 Å². The van der Waals surface area contributed by atoms with Crippen LogP contribution in [-0.2, 0) is 6.54 Å². The number of rotatable bonds is 6. The summed E-state index contributed by atoms with van der Waals surface area (Å²) in [7, 11) is 0. The van der Waals surface area contributed by atoms with E-state index in [1.54, 1.807) is 11.8 Å². The Kier molecular flexibility index (Phi) is 4.31. The summed E-state index contributed by atoms with van der Waals surface area (Å²) in [6.45, 7) is 4.60. The maximum Gasteiger partial charge on any atom is 0.0481 e. The van der Waals surface area contributed by atoms with Crippen molar-refractivity contribution in [1.29, 1.82) is 0 Å². The highest BCUT2D eigenvalue weighted by atomic mass is 32.2. The van der Waals surface area contributed by atoms with Crippen LogP contribution in [-0.4, -0.2) is 10.7 Å². The highest BCUT2D eigenvalue weighted by Gasteiger charge is 2.02. The lowest BCUT2D eigenvalue weighted by Gasteiger charge is -2.11. The van der Waals surface area contributed by atoms with E-state index in [2.05, 4.69) is 65.4 Å². The van der Waals surface area contributed by atoms with Crippen molar-refractivity contribution in [2.45, 2.75) is 11.4 Å². The van der Waals surface area contributed by atoms with Crippen molar-refractivity contribution in [3.63, 3.8) is 0 Å². The van der Waals surface area contributed by atoms with Gasteiger partial charge in [-0.25, -0.2) is 0 Å². The van der Waals surface area contributed by atoms with Crippen molar-refractivity contribution in [3.8, 4) is 0 Å². The first-order chi connectivity index (χ1) is 10.4. The first kappa shape index (κ1) is 13.8. The number of hydrogen-bond acceptors (Lipinski definition) is 2. The second-order valence-electron chi connectivity index (χ2n) is 4.85. The Labute approximate surface area is 129 Å². The van der Waals surface area contributed by atoms with Gasteiger partial charge in [-0.15, -0.1) is 18.3 Å². The highest BCUT2D eigenvalue weighted by Crippen LogP contribution is 2.27. The number of anilines is 1. The molecule has 21 heavy (non-hydrogen) atoms. The van der Waals surface area contributed by atoms with E-state index in [0.29, 0.717) is 0 Å².